The highest BCUT2D eigenvalue weighted by atomic mass is 35.5. The predicted octanol–water partition coefficient (Wildman–Crippen LogP) is 3.77. The minimum atomic E-state index is -0.763. The molecule has 1 aliphatic heterocycles. The van der Waals surface area contributed by atoms with Gasteiger partial charge in [-0.2, -0.15) is 0 Å². The molecule has 8 heteroatoms. The van der Waals surface area contributed by atoms with Crippen LogP contribution >= 0.6 is 11.6 Å². The van der Waals surface area contributed by atoms with Crippen molar-refractivity contribution in [2.24, 2.45) is 0 Å². The zero-order valence-electron chi connectivity index (χ0n) is 16.8. The molecule has 0 spiro atoms. The van der Waals surface area contributed by atoms with Gasteiger partial charge in [0.2, 0.25) is 6.79 Å². The highest BCUT2D eigenvalue weighted by molar-refractivity contribution is 6.30. The number of hydrogen-bond donors (Lipinski definition) is 1. The number of amides is 1. The number of rotatable bonds is 7. The quantitative estimate of drug-likeness (QED) is 0.434. The fraction of sp³-hybridized carbons (Fsp3) is 0.125. The maximum Gasteiger partial charge on any atom is 0.339 e. The van der Waals surface area contributed by atoms with Gasteiger partial charge in [-0.3, -0.25) is 9.59 Å². The van der Waals surface area contributed by atoms with Crippen LogP contribution in [-0.2, 0) is 16.1 Å². The number of esters is 1. The van der Waals surface area contributed by atoms with Crippen molar-refractivity contribution in [3.63, 3.8) is 0 Å². The van der Waals surface area contributed by atoms with E-state index in [9.17, 15) is 14.4 Å². The summed E-state index contributed by atoms with van der Waals surface area (Å²) in [6, 6.07) is 18.0. The van der Waals surface area contributed by atoms with E-state index in [1.54, 1.807) is 54.6 Å². The summed E-state index contributed by atoms with van der Waals surface area (Å²) in [6.07, 6.45) is 0. The molecule has 7 nitrogen and oxygen atoms in total. The van der Waals surface area contributed by atoms with Crippen molar-refractivity contribution in [3.8, 4) is 11.5 Å². The van der Waals surface area contributed by atoms with Gasteiger partial charge in [-0.1, -0.05) is 35.9 Å². The molecule has 0 saturated carbocycles. The summed E-state index contributed by atoms with van der Waals surface area (Å²) < 4.78 is 15.7. The van der Waals surface area contributed by atoms with E-state index in [-0.39, 0.29) is 30.2 Å². The summed E-state index contributed by atoms with van der Waals surface area (Å²) in [5.74, 6) is -0.314. The minimum Gasteiger partial charge on any atom is -0.454 e. The molecule has 0 aromatic heterocycles. The Morgan fingerprint density at radius 3 is 2.41 bits per heavy atom. The van der Waals surface area contributed by atoms with Crippen LogP contribution in [0.25, 0.3) is 0 Å². The second-order valence-corrected chi connectivity index (χ2v) is 7.36. The molecule has 0 aliphatic carbocycles. The second-order valence-electron chi connectivity index (χ2n) is 6.92. The van der Waals surface area contributed by atoms with E-state index in [4.69, 9.17) is 25.8 Å². The van der Waals surface area contributed by atoms with Crippen LogP contribution in [-0.4, -0.2) is 31.1 Å². The topological polar surface area (TPSA) is 90.9 Å². The fourth-order valence-corrected chi connectivity index (χ4v) is 3.25. The van der Waals surface area contributed by atoms with E-state index in [1.807, 2.05) is 0 Å². The van der Waals surface area contributed by atoms with Crippen LogP contribution in [0.2, 0.25) is 5.02 Å². The number of benzene rings is 3. The van der Waals surface area contributed by atoms with Gasteiger partial charge in [-0.15, -0.1) is 0 Å². The van der Waals surface area contributed by atoms with E-state index in [2.05, 4.69) is 5.32 Å². The predicted molar refractivity (Wildman–Crippen MR) is 116 cm³/mol. The molecule has 32 heavy (non-hydrogen) atoms. The number of fused-ring (bicyclic) bond motifs is 1. The normalized spacial score (nSPS) is 11.7. The van der Waals surface area contributed by atoms with E-state index in [0.29, 0.717) is 22.1 Å². The molecule has 1 heterocycles. The molecule has 0 atom stereocenters. The van der Waals surface area contributed by atoms with Gasteiger partial charge in [0.05, 0.1) is 5.56 Å². The summed E-state index contributed by atoms with van der Waals surface area (Å²) in [4.78, 5) is 37.5. The standard InChI is InChI=1S/C24H18ClNO6/c25-17-8-6-16(7-9-17)23(28)18-3-1-2-4-19(18)24(29)30-13-22(27)26-12-15-5-10-20-21(11-15)32-14-31-20/h1-11H,12-14H2,(H,26,27). The first-order valence-corrected chi connectivity index (χ1v) is 10.1. The molecule has 0 radical (unpaired) electrons. The third kappa shape index (κ3) is 4.90. The summed E-state index contributed by atoms with van der Waals surface area (Å²) in [5.41, 5.74) is 1.46. The van der Waals surface area contributed by atoms with E-state index < -0.39 is 18.5 Å². The Balaban J connectivity index is 1.35. The molecule has 3 aromatic rings. The van der Waals surface area contributed by atoms with Crippen LogP contribution in [0.5, 0.6) is 11.5 Å². The number of ketones is 1. The minimum absolute atomic E-state index is 0.0796. The van der Waals surface area contributed by atoms with Gasteiger partial charge < -0.3 is 19.5 Å². The molecule has 3 aromatic carbocycles. The average molecular weight is 452 g/mol. The summed E-state index contributed by atoms with van der Waals surface area (Å²) in [7, 11) is 0. The molecule has 0 saturated heterocycles. The number of nitrogens with one attached hydrogen (secondary N) is 1. The number of hydrogen-bond acceptors (Lipinski definition) is 6. The largest absolute Gasteiger partial charge is 0.454 e. The zero-order chi connectivity index (χ0) is 22.5. The number of carbonyl (C=O) groups is 3. The Bertz CT molecular complexity index is 1180. The Morgan fingerprint density at radius 1 is 0.906 bits per heavy atom. The van der Waals surface area contributed by atoms with Crippen LogP contribution in [0.1, 0.15) is 31.8 Å². The van der Waals surface area contributed by atoms with Crippen molar-refractivity contribution < 1.29 is 28.6 Å². The number of carbonyl (C=O) groups excluding carboxylic acids is 3. The Labute approximate surface area is 188 Å². The van der Waals surface area contributed by atoms with Gasteiger partial charge in [0.1, 0.15) is 0 Å². The lowest BCUT2D eigenvalue weighted by atomic mass is 9.98. The smallest absolute Gasteiger partial charge is 0.339 e. The number of halogens is 1. The highest BCUT2D eigenvalue weighted by Gasteiger charge is 2.20. The summed E-state index contributed by atoms with van der Waals surface area (Å²) in [5, 5.41) is 3.17. The lowest BCUT2D eigenvalue weighted by Crippen LogP contribution is -2.28. The maximum atomic E-state index is 12.8. The first-order chi connectivity index (χ1) is 15.5. The Morgan fingerprint density at radius 2 is 1.62 bits per heavy atom. The zero-order valence-corrected chi connectivity index (χ0v) is 17.6. The fourth-order valence-electron chi connectivity index (χ4n) is 3.13. The van der Waals surface area contributed by atoms with Crippen LogP contribution in [0.15, 0.2) is 66.7 Å². The third-order valence-electron chi connectivity index (χ3n) is 4.76. The lowest BCUT2D eigenvalue weighted by molar-refractivity contribution is -0.124. The van der Waals surface area contributed by atoms with Gasteiger partial charge >= 0.3 is 5.97 Å². The van der Waals surface area contributed by atoms with Crippen molar-refractivity contribution in [2.45, 2.75) is 6.54 Å². The Kier molecular flexibility index (Phi) is 6.37. The molecule has 1 N–H and O–H groups in total. The molecule has 1 aliphatic rings. The average Bonchev–Trinajstić information content (AvgIpc) is 3.29. The van der Waals surface area contributed by atoms with Crippen LogP contribution in [0, 0.1) is 0 Å². The summed E-state index contributed by atoms with van der Waals surface area (Å²) in [6.45, 7) is -0.0748. The molecule has 0 bridgehead atoms. The van der Waals surface area contributed by atoms with Gasteiger partial charge in [-0.05, 0) is 48.0 Å². The Hall–Kier alpha value is -3.84. The first kappa shape index (κ1) is 21.4. The van der Waals surface area contributed by atoms with Crippen LogP contribution in [0.4, 0.5) is 0 Å². The van der Waals surface area contributed by atoms with E-state index >= 15 is 0 Å². The molecular formula is C24H18ClNO6. The lowest BCUT2D eigenvalue weighted by Gasteiger charge is -2.10. The van der Waals surface area contributed by atoms with Crippen molar-refractivity contribution in [1.82, 2.24) is 5.32 Å². The monoisotopic (exact) mass is 451 g/mol. The molecular weight excluding hydrogens is 434 g/mol. The van der Waals surface area contributed by atoms with Gasteiger partial charge in [-0.25, -0.2) is 4.79 Å². The molecule has 0 unspecified atom stereocenters. The van der Waals surface area contributed by atoms with Crippen molar-refractivity contribution in [2.75, 3.05) is 13.4 Å². The summed E-state index contributed by atoms with van der Waals surface area (Å²) >= 11 is 5.87. The molecule has 1 amide bonds. The van der Waals surface area contributed by atoms with Crippen molar-refractivity contribution >= 4 is 29.3 Å². The van der Waals surface area contributed by atoms with Crippen LogP contribution in [0.3, 0.4) is 0 Å². The van der Waals surface area contributed by atoms with E-state index in [1.165, 1.54) is 12.1 Å². The van der Waals surface area contributed by atoms with Gasteiger partial charge in [0, 0.05) is 22.7 Å². The third-order valence-corrected chi connectivity index (χ3v) is 5.01. The number of ether oxygens (including phenoxy) is 3. The highest BCUT2D eigenvalue weighted by Crippen LogP contribution is 2.32. The molecule has 0 fully saturated rings. The SMILES string of the molecule is O=C(COC(=O)c1ccccc1C(=O)c1ccc(Cl)cc1)NCc1ccc2c(c1)OCO2. The van der Waals surface area contributed by atoms with Crippen molar-refractivity contribution in [1.29, 1.82) is 0 Å². The maximum absolute atomic E-state index is 12.8. The van der Waals surface area contributed by atoms with Gasteiger partial charge in [0.25, 0.3) is 5.91 Å². The molecule has 4 rings (SSSR count). The van der Waals surface area contributed by atoms with Crippen molar-refractivity contribution in [3.05, 3.63) is 94.0 Å². The first-order valence-electron chi connectivity index (χ1n) is 9.73. The van der Waals surface area contributed by atoms with Crippen LogP contribution < -0.4 is 14.8 Å². The second kappa shape index (κ2) is 9.53. The van der Waals surface area contributed by atoms with Gasteiger partial charge in [0.15, 0.2) is 23.9 Å². The molecule has 162 valence electrons. The van der Waals surface area contributed by atoms with E-state index in [0.717, 1.165) is 5.56 Å².